The van der Waals surface area contributed by atoms with Crippen molar-refractivity contribution in [2.45, 2.75) is 32.2 Å². The molecule has 0 amide bonds. The highest BCUT2D eigenvalue weighted by Crippen LogP contribution is 2.31. The lowest BCUT2D eigenvalue weighted by Gasteiger charge is -2.12. The van der Waals surface area contributed by atoms with Crippen LogP contribution in [-0.2, 0) is 13.0 Å². The maximum atomic E-state index is 13.4. The monoisotopic (exact) mass is 283 g/mol. The van der Waals surface area contributed by atoms with Gasteiger partial charge in [0.2, 0.25) is 0 Å². The van der Waals surface area contributed by atoms with Crippen molar-refractivity contribution in [1.82, 2.24) is 9.78 Å². The minimum Gasteiger partial charge on any atom is -0.294 e. The highest BCUT2D eigenvalue weighted by atomic mass is 19.1. The van der Waals surface area contributed by atoms with Gasteiger partial charge in [-0.3, -0.25) is 9.48 Å². The highest BCUT2D eigenvalue weighted by Gasteiger charge is 2.27. The number of aromatic nitrogens is 2. The number of halogens is 1. The van der Waals surface area contributed by atoms with Gasteiger partial charge in [0.05, 0.1) is 24.6 Å². The minimum atomic E-state index is -0.351. The molecule has 2 aromatic rings. The van der Waals surface area contributed by atoms with Crippen molar-refractivity contribution in [3.8, 4) is 17.3 Å². The van der Waals surface area contributed by atoms with Crippen molar-refractivity contribution in [3.63, 3.8) is 0 Å². The van der Waals surface area contributed by atoms with Crippen molar-refractivity contribution in [2.24, 2.45) is 0 Å². The quantitative estimate of drug-likeness (QED) is 0.869. The van der Waals surface area contributed by atoms with E-state index in [4.69, 9.17) is 5.26 Å². The average molecular weight is 283 g/mol. The zero-order chi connectivity index (χ0) is 14.8. The predicted octanol–water partition coefficient (Wildman–Crippen LogP) is 3.12. The number of hydrogen-bond donors (Lipinski definition) is 0. The molecule has 0 bridgehead atoms. The maximum absolute atomic E-state index is 13.4. The number of Topliss-reactive ketones (excluding diaryl/α,β-unsaturated/α-hetero) is 1. The number of carbonyl (C=O) groups is 1. The van der Waals surface area contributed by atoms with Gasteiger partial charge in [0, 0.05) is 17.7 Å². The number of rotatable bonds is 3. The summed E-state index contributed by atoms with van der Waals surface area (Å²) < 4.78 is 15.2. The average Bonchev–Trinajstić information content (AvgIpc) is 2.85. The molecule has 0 spiro atoms. The second kappa shape index (κ2) is 5.49. The first-order valence-electron chi connectivity index (χ1n) is 6.96. The van der Waals surface area contributed by atoms with Gasteiger partial charge in [-0.1, -0.05) is 12.1 Å². The lowest BCUT2D eigenvalue weighted by Crippen LogP contribution is -2.14. The summed E-state index contributed by atoms with van der Waals surface area (Å²) in [7, 11) is 0. The van der Waals surface area contributed by atoms with Crippen molar-refractivity contribution >= 4 is 5.78 Å². The van der Waals surface area contributed by atoms with E-state index in [1.54, 1.807) is 16.8 Å². The second-order valence-electron chi connectivity index (χ2n) is 5.09. The molecule has 0 aliphatic heterocycles. The molecule has 0 fully saturated rings. The van der Waals surface area contributed by atoms with Crippen LogP contribution >= 0.6 is 0 Å². The summed E-state index contributed by atoms with van der Waals surface area (Å²) in [6, 6.07) is 8.20. The zero-order valence-corrected chi connectivity index (χ0v) is 11.5. The summed E-state index contributed by atoms with van der Waals surface area (Å²) in [6.45, 7) is 0.460. The van der Waals surface area contributed by atoms with E-state index < -0.39 is 0 Å². The Balaban J connectivity index is 2.14. The standard InChI is InChI=1S/C16H14FN3O/c17-12-5-1-4-11(10-12)16-15-13(6-2-7-14(15)21)20(19-16)9-3-8-18/h1,4-5,10H,2-3,6-7,9H2. The first kappa shape index (κ1) is 13.5. The third-order valence-electron chi connectivity index (χ3n) is 3.69. The van der Waals surface area contributed by atoms with E-state index in [1.807, 2.05) is 0 Å². The van der Waals surface area contributed by atoms with Crippen LogP contribution in [0.5, 0.6) is 0 Å². The van der Waals surface area contributed by atoms with Crippen LogP contribution in [0, 0.1) is 17.1 Å². The van der Waals surface area contributed by atoms with Gasteiger partial charge in [0.1, 0.15) is 11.5 Å². The fourth-order valence-electron chi connectivity index (χ4n) is 2.76. The Kier molecular flexibility index (Phi) is 3.53. The molecular formula is C16H14FN3O. The van der Waals surface area contributed by atoms with Gasteiger partial charge >= 0.3 is 0 Å². The van der Waals surface area contributed by atoms with Gasteiger partial charge in [-0.05, 0) is 25.0 Å². The van der Waals surface area contributed by atoms with Crippen LogP contribution in [-0.4, -0.2) is 15.6 Å². The molecule has 1 heterocycles. The van der Waals surface area contributed by atoms with E-state index in [0.717, 1.165) is 18.5 Å². The third kappa shape index (κ3) is 2.45. The molecule has 1 aliphatic rings. The van der Waals surface area contributed by atoms with E-state index in [9.17, 15) is 9.18 Å². The van der Waals surface area contributed by atoms with Crippen LogP contribution in [0.2, 0.25) is 0 Å². The fraction of sp³-hybridized carbons (Fsp3) is 0.312. The molecule has 1 aliphatic carbocycles. The zero-order valence-electron chi connectivity index (χ0n) is 11.5. The number of ketones is 1. The van der Waals surface area contributed by atoms with Crippen molar-refractivity contribution < 1.29 is 9.18 Å². The van der Waals surface area contributed by atoms with Gasteiger partial charge < -0.3 is 0 Å². The summed E-state index contributed by atoms with van der Waals surface area (Å²) in [5.41, 5.74) is 2.62. The second-order valence-corrected chi connectivity index (χ2v) is 5.09. The molecule has 0 unspecified atom stereocenters. The van der Waals surface area contributed by atoms with Crippen LogP contribution in [0.3, 0.4) is 0 Å². The molecule has 0 radical (unpaired) electrons. The lowest BCUT2D eigenvalue weighted by molar-refractivity contribution is 0.0972. The van der Waals surface area contributed by atoms with E-state index in [0.29, 0.717) is 36.2 Å². The molecule has 0 atom stereocenters. The Morgan fingerprint density at radius 3 is 3.00 bits per heavy atom. The fourth-order valence-corrected chi connectivity index (χ4v) is 2.76. The van der Waals surface area contributed by atoms with Gasteiger partial charge in [-0.15, -0.1) is 0 Å². The summed E-state index contributed by atoms with van der Waals surface area (Å²) in [4.78, 5) is 12.2. The Bertz CT molecular complexity index is 742. The SMILES string of the molecule is N#CCCn1nc(-c2cccc(F)c2)c2c1CCCC2=O. The molecule has 0 saturated carbocycles. The molecule has 3 rings (SSSR count). The number of carbonyl (C=O) groups excluding carboxylic acids is 1. The van der Waals surface area contributed by atoms with Gasteiger partial charge in [-0.2, -0.15) is 10.4 Å². The van der Waals surface area contributed by atoms with Gasteiger partial charge in [-0.25, -0.2) is 4.39 Å². The van der Waals surface area contributed by atoms with Crippen LogP contribution in [0.25, 0.3) is 11.3 Å². The number of benzene rings is 1. The molecular weight excluding hydrogens is 269 g/mol. The number of aryl methyl sites for hydroxylation is 1. The van der Waals surface area contributed by atoms with Crippen LogP contribution in [0.4, 0.5) is 4.39 Å². The Morgan fingerprint density at radius 1 is 1.38 bits per heavy atom. The first-order valence-corrected chi connectivity index (χ1v) is 6.96. The van der Waals surface area contributed by atoms with Crippen molar-refractivity contribution in [2.75, 3.05) is 0 Å². The van der Waals surface area contributed by atoms with Crippen molar-refractivity contribution in [3.05, 3.63) is 41.3 Å². The van der Waals surface area contributed by atoms with E-state index in [1.165, 1.54) is 12.1 Å². The van der Waals surface area contributed by atoms with Gasteiger partial charge in [0.15, 0.2) is 5.78 Å². The van der Waals surface area contributed by atoms with E-state index in [2.05, 4.69) is 11.2 Å². The summed E-state index contributed by atoms with van der Waals surface area (Å²) >= 11 is 0. The molecule has 21 heavy (non-hydrogen) atoms. The molecule has 1 aromatic heterocycles. The number of nitriles is 1. The summed E-state index contributed by atoms with van der Waals surface area (Å²) in [6.07, 6.45) is 2.41. The van der Waals surface area contributed by atoms with Crippen LogP contribution in [0.15, 0.2) is 24.3 Å². The summed E-state index contributed by atoms with van der Waals surface area (Å²) in [5.74, 6) is -0.296. The molecule has 0 N–H and O–H groups in total. The van der Waals surface area contributed by atoms with Crippen LogP contribution in [0.1, 0.15) is 35.3 Å². The smallest absolute Gasteiger partial charge is 0.166 e. The predicted molar refractivity (Wildman–Crippen MR) is 75.1 cm³/mol. The Labute approximate surface area is 121 Å². The number of nitrogens with zero attached hydrogens (tertiary/aromatic N) is 3. The van der Waals surface area contributed by atoms with Crippen LogP contribution < -0.4 is 0 Å². The normalized spacial score (nSPS) is 13.8. The van der Waals surface area contributed by atoms with E-state index in [-0.39, 0.29) is 11.6 Å². The Morgan fingerprint density at radius 2 is 2.24 bits per heavy atom. The first-order chi connectivity index (χ1) is 10.2. The van der Waals surface area contributed by atoms with E-state index >= 15 is 0 Å². The third-order valence-corrected chi connectivity index (χ3v) is 3.69. The molecule has 4 nitrogen and oxygen atoms in total. The van der Waals surface area contributed by atoms with Gasteiger partial charge in [0.25, 0.3) is 0 Å². The summed E-state index contributed by atoms with van der Waals surface area (Å²) in [5, 5.41) is 13.2. The highest BCUT2D eigenvalue weighted by molar-refractivity contribution is 6.03. The molecule has 0 saturated heterocycles. The molecule has 106 valence electrons. The maximum Gasteiger partial charge on any atom is 0.166 e. The topological polar surface area (TPSA) is 58.7 Å². The lowest BCUT2D eigenvalue weighted by atomic mass is 9.92. The number of hydrogen-bond acceptors (Lipinski definition) is 3. The van der Waals surface area contributed by atoms with Crippen molar-refractivity contribution in [1.29, 1.82) is 5.26 Å². The largest absolute Gasteiger partial charge is 0.294 e. The minimum absolute atomic E-state index is 0.0544. The molecule has 1 aromatic carbocycles. The molecule has 5 heteroatoms. The Hall–Kier alpha value is -2.48. The number of fused-ring (bicyclic) bond motifs is 1.